The average molecular weight is 422 g/mol. The van der Waals surface area contributed by atoms with E-state index in [0.29, 0.717) is 12.2 Å². The first-order valence-electron chi connectivity index (χ1n) is 8.31. The van der Waals surface area contributed by atoms with Crippen LogP contribution in [0.15, 0.2) is 133 Å². The summed E-state index contributed by atoms with van der Waals surface area (Å²) in [5.41, 5.74) is 0.555. The van der Waals surface area contributed by atoms with Crippen molar-refractivity contribution in [1.82, 2.24) is 0 Å². The van der Waals surface area contributed by atoms with Gasteiger partial charge in [-0.05, 0) is 35.5 Å². The van der Waals surface area contributed by atoms with Crippen molar-refractivity contribution in [3.05, 3.63) is 133 Å². The third kappa shape index (κ3) is 9.16. The quantitative estimate of drug-likeness (QED) is 0.201. The Bertz CT molecular complexity index is 896. The van der Waals surface area contributed by atoms with Crippen LogP contribution < -0.4 is 0 Å². The normalized spacial score (nSPS) is 14.5. The number of halogens is 6. The van der Waals surface area contributed by atoms with Crippen LogP contribution in [0.25, 0.3) is 0 Å². The minimum atomic E-state index is -4.96. The molecule has 0 aliphatic carbocycles. The lowest BCUT2D eigenvalue weighted by Gasteiger charge is -2.18. The largest absolute Gasteiger partial charge is 0.417 e. The lowest BCUT2D eigenvalue weighted by atomic mass is 9.92. The molecule has 0 aliphatic rings. The lowest BCUT2D eigenvalue weighted by Crippen LogP contribution is -2.17. The van der Waals surface area contributed by atoms with Crippen LogP contribution in [0.5, 0.6) is 0 Å². The lowest BCUT2D eigenvalue weighted by molar-refractivity contribution is -0.0911. The molecule has 0 amide bonds. The van der Waals surface area contributed by atoms with Gasteiger partial charge in [-0.2, -0.15) is 26.3 Å². The fraction of sp³-hybridized carbons (Fsp3) is 0.0833. The summed E-state index contributed by atoms with van der Waals surface area (Å²) in [5.74, 6) is 0. The molecule has 0 nitrogen and oxygen atoms in total. The summed E-state index contributed by atoms with van der Waals surface area (Å²) in [6.45, 7) is 13.2. The van der Waals surface area contributed by atoms with Crippen LogP contribution in [0.2, 0.25) is 0 Å². The molecule has 0 heterocycles. The number of hydrogen-bond donors (Lipinski definition) is 0. The molecule has 158 valence electrons. The Labute approximate surface area is 172 Å². The van der Waals surface area contributed by atoms with Crippen molar-refractivity contribution in [3.63, 3.8) is 0 Å². The van der Waals surface area contributed by atoms with E-state index in [0.717, 1.165) is 54.7 Å². The molecule has 0 atom stereocenters. The van der Waals surface area contributed by atoms with Crippen molar-refractivity contribution in [2.45, 2.75) is 12.4 Å². The van der Waals surface area contributed by atoms with Crippen LogP contribution in [0.3, 0.4) is 0 Å². The van der Waals surface area contributed by atoms with E-state index in [1.165, 1.54) is 6.08 Å². The highest BCUT2D eigenvalue weighted by molar-refractivity contribution is 5.59. The average Bonchev–Trinajstić information content (AvgIpc) is 2.64. The predicted octanol–water partition coefficient (Wildman–Crippen LogP) is 7.98. The standard InChI is InChI=1S/C24H20F6/c1-5-9-13-16-20(21(17-12-8-4)23(25,26)27)19(15-11-7-3)22(24(28,29)30)18-14-10-6-2/h7-18H,1-4H2/b15-11-,16-13-,17-12-,18-14-,21-20-,22-19+. The Kier molecular flexibility index (Phi) is 11.4. The third-order valence-electron chi connectivity index (χ3n) is 3.23. The summed E-state index contributed by atoms with van der Waals surface area (Å²) >= 11 is 0. The molecular formula is C24H20F6. The molecule has 0 aromatic heterocycles. The summed E-state index contributed by atoms with van der Waals surface area (Å²) in [7, 11) is 0. The Balaban J connectivity index is 7.68. The van der Waals surface area contributed by atoms with Crippen LogP contribution in [-0.2, 0) is 0 Å². The Morgan fingerprint density at radius 1 is 0.567 bits per heavy atom. The van der Waals surface area contributed by atoms with E-state index >= 15 is 0 Å². The fourth-order valence-corrected chi connectivity index (χ4v) is 2.08. The summed E-state index contributed by atoms with van der Waals surface area (Å²) in [5, 5.41) is 0. The van der Waals surface area contributed by atoms with Crippen LogP contribution in [0, 0.1) is 0 Å². The van der Waals surface area contributed by atoms with E-state index in [-0.39, 0.29) is 0 Å². The maximum atomic E-state index is 13.8. The molecule has 6 heteroatoms. The molecule has 0 fully saturated rings. The maximum absolute atomic E-state index is 13.8. The first-order chi connectivity index (χ1) is 14.0. The summed E-state index contributed by atoms with van der Waals surface area (Å²) < 4.78 is 82.6. The number of hydrogen-bond acceptors (Lipinski definition) is 0. The molecule has 0 aliphatic heterocycles. The molecule has 0 spiro atoms. The highest BCUT2D eigenvalue weighted by Gasteiger charge is 2.38. The summed E-state index contributed by atoms with van der Waals surface area (Å²) in [4.78, 5) is 0. The van der Waals surface area contributed by atoms with E-state index in [1.807, 2.05) is 0 Å². The molecule has 0 saturated heterocycles. The van der Waals surface area contributed by atoms with Gasteiger partial charge in [0.15, 0.2) is 0 Å². The molecule has 0 radical (unpaired) electrons. The van der Waals surface area contributed by atoms with Gasteiger partial charge in [0.05, 0.1) is 11.1 Å². The molecule has 30 heavy (non-hydrogen) atoms. The van der Waals surface area contributed by atoms with Gasteiger partial charge < -0.3 is 0 Å². The Hall–Kier alpha value is -3.46. The first-order valence-corrected chi connectivity index (χ1v) is 8.31. The maximum Gasteiger partial charge on any atom is 0.417 e. The third-order valence-corrected chi connectivity index (χ3v) is 3.23. The zero-order valence-corrected chi connectivity index (χ0v) is 16.0. The van der Waals surface area contributed by atoms with Crippen molar-refractivity contribution in [2.24, 2.45) is 0 Å². The fourth-order valence-electron chi connectivity index (χ4n) is 2.08. The predicted molar refractivity (Wildman–Crippen MR) is 111 cm³/mol. The topological polar surface area (TPSA) is 0 Å². The molecular weight excluding hydrogens is 402 g/mol. The van der Waals surface area contributed by atoms with Crippen molar-refractivity contribution in [1.29, 1.82) is 0 Å². The smallest absolute Gasteiger partial charge is 0.166 e. The summed E-state index contributed by atoms with van der Waals surface area (Å²) in [6, 6.07) is 0. The molecule has 0 unspecified atom stereocenters. The van der Waals surface area contributed by atoms with Crippen molar-refractivity contribution in [2.75, 3.05) is 0 Å². The zero-order valence-electron chi connectivity index (χ0n) is 16.0. The van der Waals surface area contributed by atoms with Crippen LogP contribution in [-0.4, -0.2) is 12.4 Å². The van der Waals surface area contributed by atoms with Gasteiger partial charge in [0, 0.05) is 0 Å². The van der Waals surface area contributed by atoms with E-state index in [4.69, 9.17) is 0 Å². The van der Waals surface area contributed by atoms with Gasteiger partial charge in [0.1, 0.15) is 0 Å². The second-order valence-electron chi connectivity index (χ2n) is 5.30. The van der Waals surface area contributed by atoms with Gasteiger partial charge in [-0.15, -0.1) is 11.5 Å². The molecule has 0 aromatic carbocycles. The molecule has 0 rings (SSSR count). The zero-order chi connectivity index (χ0) is 23.2. The van der Waals surface area contributed by atoms with Crippen molar-refractivity contribution in [3.8, 4) is 0 Å². The van der Waals surface area contributed by atoms with Crippen molar-refractivity contribution >= 4 is 0 Å². The SMILES string of the molecule is C=C=C\C=C/C(=C(\C=C/C=C)C(F)(F)F)C(/C=C\C=C)=C(\C=C/C=C=C)C(F)(F)F. The van der Waals surface area contributed by atoms with E-state index in [2.05, 4.69) is 37.8 Å². The minimum absolute atomic E-state index is 0.642. The van der Waals surface area contributed by atoms with Gasteiger partial charge in [0.25, 0.3) is 0 Å². The van der Waals surface area contributed by atoms with E-state index in [9.17, 15) is 26.3 Å². The highest BCUT2D eigenvalue weighted by Crippen LogP contribution is 2.38. The highest BCUT2D eigenvalue weighted by atomic mass is 19.4. The Morgan fingerprint density at radius 3 is 1.27 bits per heavy atom. The number of alkyl halides is 6. The van der Waals surface area contributed by atoms with E-state index < -0.39 is 34.6 Å². The monoisotopic (exact) mass is 422 g/mol. The first kappa shape index (κ1) is 26.5. The van der Waals surface area contributed by atoms with E-state index in [1.54, 1.807) is 0 Å². The van der Waals surface area contributed by atoms with Gasteiger partial charge >= 0.3 is 12.4 Å². The van der Waals surface area contributed by atoms with Crippen LogP contribution in [0.4, 0.5) is 26.3 Å². The Morgan fingerprint density at radius 2 is 0.900 bits per heavy atom. The van der Waals surface area contributed by atoms with Gasteiger partial charge in [-0.3, -0.25) is 0 Å². The van der Waals surface area contributed by atoms with Crippen LogP contribution >= 0.6 is 0 Å². The molecule has 0 bridgehead atoms. The second kappa shape index (κ2) is 12.9. The van der Waals surface area contributed by atoms with Gasteiger partial charge in [-0.25, -0.2) is 0 Å². The van der Waals surface area contributed by atoms with Gasteiger partial charge in [-0.1, -0.05) is 74.9 Å². The number of rotatable bonds is 9. The molecule has 0 aromatic rings. The van der Waals surface area contributed by atoms with Gasteiger partial charge in [0.2, 0.25) is 0 Å². The van der Waals surface area contributed by atoms with Crippen LogP contribution in [0.1, 0.15) is 0 Å². The van der Waals surface area contributed by atoms with Crippen molar-refractivity contribution < 1.29 is 26.3 Å². The second-order valence-corrected chi connectivity index (χ2v) is 5.30. The summed E-state index contributed by atoms with van der Waals surface area (Å²) in [6.07, 6.45) is 1.88. The number of allylic oxidation sites excluding steroid dienone is 16. The minimum Gasteiger partial charge on any atom is -0.166 e. The molecule has 0 saturated carbocycles. The molecule has 0 N–H and O–H groups in total.